The molecule has 5 nitrogen and oxygen atoms in total. The van der Waals surface area contributed by atoms with E-state index in [2.05, 4.69) is 225 Å². The fraction of sp³-hybridized carbons (Fsp3) is 0.542. The maximum absolute atomic E-state index is 10.5. The van der Waals surface area contributed by atoms with Gasteiger partial charge in [-0.1, -0.05) is 250 Å². The van der Waals surface area contributed by atoms with E-state index >= 15 is 0 Å². The van der Waals surface area contributed by atoms with Gasteiger partial charge in [0.25, 0.3) is 16.6 Å². The topological polar surface area (TPSA) is 76.0 Å². The first-order valence-corrected chi connectivity index (χ1v) is 35.0. The summed E-state index contributed by atoms with van der Waals surface area (Å²) in [4.78, 5) is 10.5. The number of unbranched alkanes of at least 4 members (excludes halogenated alkanes) is 17. The minimum atomic E-state index is -2.47. The highest BCUT2D eigenvalue weighted by Crippen LogP contribution is 2.39. The van der Waals surface area contributed by atoms with Gasteiger partial charge >= 0.3 is 5.97 Å². The van der Waals surface area contributed by atoms with E-state index in [1.807, 2.05) is 0 Å². The van der Waals surface area contributed by atoms with Crippen molar-refractivity contribution in [2.24, 2.45) is 0 Å². The third-order valence-corrected chi connectivity index (χ3v) is 25.6. The van der Waals surface area contributed by atoms with Gasteiger partial charge < -0.3 is 19.1 Å². The highest BCUT2D eigenvalue weighted by molar-refractivity contribution is 7.00. The highest BCUT2D eigenvalue weighted by Gasteiger charge is 2.52. The van der Waals surface area contributed by atoms with E-state index in [0.29, 0.717) is 6.61 Å². The van der Waals surface area contributed by atoms with Crippen molar-refractivity contribution >= 4 is 43.4 Å². The Bertz CT molecular complexity index is 2150. The van der Waals surface area contributed by atoms with Crippen molar-refractivity contribution in [3.8, 4) is 0 Å². The standard InChI is InChI=1S/C36H54O3Si.C36H56O2Si/c1-32(26-20-16-14-12-10-8-6-5-7-9-11-13-15-17-25-31-35(37)38)39-40(36(2,3)4,33-27-21-18-22-28-33)34-29-23-19-24-30-34;1-33(27-21-17-15-13-11-9-7-5-6-8-10-12-14-16-18-26-32-37)38-39(36(2,3)4,34-28-22-19-23-29-34)35-30-24-20-25-31-35/h12-15,18-19,21-24,27-30,32H,5-11,16-17,20,25-26,31H2,1-4H3,(H,37,38);12-15,19-20,22-25,28-31,33,37H,5-11,16-18,21,26-27,32H2,1-4H3/b2*14-12-,15-13-/t32-;33-/m00/s1. The summed E-state index contributed by atoms with van der Waals surface area (Å²) in [6.45, 7) is 19.0. The van der Waals surface area contributed by atoms with Gasteiger partial charge in [0.15, 0.2) is 0 Å². The number of hydrogen-bond donors (Lipinski definition) is 2. The molecule has 0 aliphatic rings. The first-order chi connectivity index (χ1) is 38.2. The van der Waals surface area contributed by atoms with Gasteiger partial charge in [-0.05, 0) is 167 Å². The van der Waals surface area contributed by atoms with Crippen LogP contribution in [0, 0.1) is 0 Å². The molecule has 79 heavy (non-hydrogen) atoms. The number of benzene rings is 4. The van der Waals surface area contributed by atoms with Gasteiger partial charge in [0, 0.05) is 25.2 Å². The molecule has 0 fully saturated rings. The molecule has 436 valence electrons. The second-order valence-electron chi connectivity index (χ2n) is 24.1. The molecule has 0 saturated carbocycles. The monoisotopic (exact) mass is 1110 g/mol. The molecule has 0 aliphatic heterocycles. The average Bonchev–Trinajstić information content (AvgIpc) is 3.64. The minimum Gasteiger partial charge on any atom is -0.481 e. The fourth-order valence-corrected chi connectivity index (χ4v) is 20.4. The van der Waals surface area contributed by atoms with Crippen molar-refractivity contribution in [2.75, 3.05) is 6.61 Å². The molecule has 4 rings (SSSR count). The van der Waals surface area contributed by atoms with Gasteiger partial charge in [-0.25, -0.2) is 0 Å². The zero-order valence-corrected chi connectivity index (χ0v) is 53.0. The Labute approximate surface area is 485 Å². The second-order valence-corrected chi connectivity index (χ2v) is 32.6. The van der Waals surface area contributed by atoms with Crippen LogP contribution in [0.15, 0.2) is 170 Å². The maximum Gasteiger partial charge on any atom is 0.303 e. The van der Waals surface area contributed by atoms with Crippen LogP contribution in [0.4, 0.5) is 0 Å². The predicted octanol–water partition coefficient (Wildman–Crippen LogP) is 18.3. The third-order valence-electron chi connectivity index (χ3n) is 15.2. The van der Waals surface area contributed by atoms with Crippen LogP contribution in [0.1, 0.15) is 222 Å². The Kier molecular flexibility index (Phi) is 35.5. The van der Waals surface area contributed by atoms with Crippen LogP contribution >= 0.6 is 0 Å². The van der Waals surface area contributed by atoms with E-state index < -0.39 is 22.6 Å². The van der Waals surface area contributed by atoms with E-state index in [9.17, 15) is 4.79 Å². The van der Waals surface area contributed by atoms with Crippen molar-refractivity contribution < 1.29 is 23.9 Å². The lowest BCUT2D eigenvalue weighted by Gasteiger charge is -2.44. The first kappa shape index (κ1) is 68.9. The summed E-state index contributed by atoms with van der Waals surface area (Å²) in [5.74, 6) is -0.699. The van der Waals surface area contributed by atoms with Crippen molar-refractivity contribution in [2.45, 2.75) is 245 Å². The van der Waals surface area contributed by atoms with Crippen molar-refractivity contribution in [1.82, 2.24) is 0 Å². The summed E-state index contributed by atoms with van der Waals surface area (Å²) >= 11 is 0. The molecule has 0 heterocycles. The number of carbonyl (C=O) groups is 1. The summed E-state index contributed by atoms with van der Waals surface area (Å²) < 4.78 is 14.4. The highest BCUT2D eigenvalue weighted by atomic mass is 28.4. The van der Waals surface area contributed by atoms with Gasteiger partial charge in [-0.3, -0.25) is 4.79 Å². The van der Waals surface area contributed by atoms with Gasteiger partial charge in [0.05, 0.1) is 0 Å². The molecule has 0 aliphatic carbocycles. The van der Waals surface area contributed by atoms with Crippen LogP contribution < -0.4 is 20.7 Å². The summed E-state index contributed by atoms with van der Waals surface area (Å²) in [6, 6.07) is 43.8. The first-order valence-electron chi connectivity index (χ1n) is 31.2. The van der Waals surface area contributed by atoms with Crippen LogP contribution in [0.3, 0.4) is 0 Å². The lowest BCUT2D eigenvalue weighted by Crippen LogP contribution is -2.67. The molecule has 4 aromatic rings. The summed E-state index contributed by atoms with van der Waals surface area (Å²) in [5.41, 5.74) is 0. The van der Waals surface area contributed by atoms with Crippen LogP contribution in [-0.4, -0.2) is 51.6 Å². The van der Waals surface area contributed by atoms with E-state index in [-0.39, 0.29) is 28.7 Å². The van der Waals surface area contributed by atoms with E-state index in [4.69, 9.17) is 19.1 Å². The van der Waals surface area contributed by atoms with E-state index in [1.54, 1.807) is 0 Å². The number of carboxylic acid groups (broad SMARTS) is 1. The molecule has 0 bridgehead atoms. The minimum absolute atomic E-state index is 0.0177. The van der Waals surface area contributed by atoms with Gasteiger partial charge in [0.1, 0.15) is 0 Å². The molecule has 0 saturated heterocycles. The molecule has 7 heteroatoms. The maximum atomic E-state index is 10.5. The van der Waals surface area contributed by atoms with Crippen molar-refractivity contribution in [3.63, 3.8) is 0 Å². The SMILES string of the molecule is C[C@@H](CCC/C=C\CCCCCCC/C=C\CCCC(=O)O)O[Si](c1ccccc1)(c1ccccc1)C(C)(C)C.C[C@@H](CCC/C=C\CCCCCCC/C=C\CCCCO)O[Si](c1ccccc1)(c1ccccc1)C(C)(C)C. The molecule has 0 radical (unpaired) electrons. The molecule has 2 N–H and O–H groups in total. The average molecular weight is 1110 g/mol. The van der Waals surface area contributed by atoms with Crippen LogP contribution in [0.2, 0.25) is 10.1 Å². The molecular weight excluding hydrogens is 1000 g/mol. The Morgan fingerprint density at radius 2 is 0.633 bits per heavy atom. The summed E-state index contributed by atoms with van der Waals surface area (Å²) in [5, 5.41) is 22.9. The number of hydrogen-bond acceptors (Lipinski definition) is 4. The number of rotatable bonds is 40. The molecular formula is C72H110O5Si2. The predicted molar refractivity (Wildman–Crippen MR) is 348 cm³/mol. The van der Waals surface area contributed by atoms with Crippen LogP contribution in [-0.2, 0) is 13.6 Å². The fourth-order valence-electron chi connectivity index (χ4n) is 10.9. The Hall–Kier alpha value is -4.38. The van der Waals surface area contributed by atoms with Crippen molar-refractivity contribution in [1.29, 1.82) is 0 Å². The zero-order chi connectivity index (χ0) is 57.3. The van der Waals surface area contributed by atoms with Gasteiger partial charge in [0.2, 0.25) is 0 Å². The number of aliphatic hydroxyl groups excluding tert-OH is 1. The lowest BCUT2D eigenvalue weighted by atomic mass is 10.1. The second kappa shape index (κ2) is 40.7. The summed E-state index contributed by atoms with van der Waals surface area (Å²) in [7, 11) is -4.92. The largest absolute Gasteiger partial charge is 0.481 e. The molecule has 0 unspecified atom stereocenters. The van der Waals surface area contributed by atoms with Gasteiger partial charge in [-0.2, -0.15) is 0 Å². The van der Waals surface area contributed by atoms with E-state index in [0.717, 1.165) is 70.6 Å². The number of carboxylic acids is 1. The smallest absolute Gasteiger partial charge is 0.303 e. The Morgan fingerprint density at radius 1 is 0.392 bits per heavy atom. The van der Waals surface area contributed by atoms with Crippen molar-refractivity contribution in [3.05, 3.63) is 170 Å². The van der Waals surface area contributed by atoms with Gasteiger partial charge in [-0.15, -0.1) is 0 Å². The molecule has 4 aromatic carbocycles. The lowest BCUT2D eigenvalue weighted by molar-refractivity contribution is -0.137. The Balaban J connectivity index is 0.000000415. The number of aliphatic hydroxyl groups is 1. The van der Waals surface area contributed by atoms with Crippen LogP contribution in [0.25, 0.3) is 0 Å². The van der Waals surface area contributed by atoms with E-state index in [1.165, 1.54) is 111 Å². The van der Waals surface area contributed by atoms with Crippen LogP contribution in [0.5, 0.6) is 0 Å². The molecule has 0 aromatic heterocycles. The molecule has 0 spiro atoms. The number of allylic oxidation sites excluding steroid dienone is 8. The quantitative estimate of drug-likeness (QED) is 0.0264. The third kappa shape index (κ3) is 26.8. The summed E-state index contributed by atoms with van der Waals surface area (Å²) in [6.07, 6.45) is 48.4. The molecule has 2 atom stereocenters. The number of aliphatic carboxylic acids is 1. The molecule has 0 amide bonds. The zero-order valence-electron chi connectivity index (χ0n) is 51.0. The normalized spacial score (nSPS) is 13.4. The Morgan fingerprint density at radius 3 is 0.886 bits per heavy atom.